The Morgan fingerprint density at radius 2 is 1.56 bits per heavy atom. The number of rotatable bonds is 6. The fourth-order valence-electron chi connectivity index (χ4n) is 13.8. The van der Waals surface area contributed by atoms with E-state index in [0.717, 1.165) is 12.0 Å². The van der Waals surface area contributed by atoms with Gasteiger partial charge in [-0.25, -0.2) is 4.79 Å². The second-order valence-corrected chi connectivity index (χ2v) is 21.2. The molecule has 4 bridgehead atoms. The highest BCUT2D eigenvalue weighted by atomic mass is 32.3. The molecule has 3 heterocycles. The molecule has 0 radical (unpaired) electrons. The number of fused-ring (bicyclic) bond motifs is 5. The van der Waals surface area contributed by atoms with E-state index in [0.29, 0.717) is 55.7 Å². The van der Waals surface area contributed by atoms with E-state index in [4.69, 9.17) is 31.7 Å². The number of aliphatic hydroxyl groups excluding tert-OH is 1. The Labute approximate surface area is 385 Å². The minimum absolute atomic E-state index is 0.0606. The third-order valence-corrected chi connectivity index (χ3v) is 17.1. The van der Waals surface area contributed by atoms with E-state index in [9.17, 15) is 45.0 Å². The van der Waals surface area contributed by atoms with Crippen LogP contribution in [0.2, 0.25) is 0 Å². The number of allylic oxidation sites excluding steroid dienone is 5. The fraction of sp³-hybridized carbons (Fsp3) is 0.646. The van der Waals surface area contributed by atoms with Crippen molar-refractivity contribution < 1.29 is 76.8 Å². The van der Waals surface area contributed by atoms with Gasteiger partial charge in [-0.1, -0.05) is 56.3 Å². The van der Waals surface area contributed by atoms with Crippen LogP contribution in [-0.2, 0) is 39.0 Å². The number of ether oxygens (including phenoxy) is 3. The van der Waals surface area contributed by atoms with Gasteiger partial charge in [0.1, 0.15) is 22.4 Å². The zero-order valence-electron chi connectivity index (χ0n) is 38.3. The van der Waals surface area contributed by atoms with Crippen LogP contribution in [0.5, 0.6) is 0 Å². The average Bonchev–Trinajstić information content (AvgIpc) is 3.42. The Bertz CT molecular complexity index is 2320. The normalized spacial score (nSPS) is 44.0. The van der Waals surface area contributed by atoms with Crippen molar-refractivity contribution >= 4 is 27.9 Å². The van der Waals surface area contributed by atoms with E-state index in [1.807, 2.05) is 37.3 Å². The lowest BCUT2D eigenvalue weighted by Crippen LogP contribution is -2.85. The Morgan fingerprint density at radius 3 is 2.17 bits per heavy atom. The minimum atomic E-state index is -4.67. The molecular weight excluding hydrogens is 879 g/mol. The van der Waals surface area contributed by atoms with Gasteiger partial charge in [0.25, 0.3) is 0 Å². The van der Waals surface area contributed by atoms with Crippen LogP contribution >= 0.6 is 0 Å². The summed E-state index contributed by atoms with van der Waals surface area (Å²) in [6, 6.07) is 9.09. The molecule has 0 aromatic heterocycles. The van der Waals surface area contributed by atoms with Crippen molar-refractivity contribution in [3.8, 4) is 0 Å². The number of hydrogen-bond acceptors (Lipinski definition) is 15. The molecular formula is C48H65NO16S. The first-order valence-corrected chi connectivity index (χ1v) is 24.0. The topological polar surface area (TPSA) is 278 Å². The average molecular weight is 944 g/mol. The fourth-order valence-corrected chi connectivity index (χ4v) is 13.8. The molecule has 8 N–H and O–H groups in total. The first-order valence-electron chi connectivity index (χ1n) is 22.6. The van der Waals surface area contributed by atoms with E-state index in [2.05, 4.69) is 18.4 Å². The molecule has 364 valence electrons. The second-order valence-electron chi connectivity index (χ2n) is 20.3. The first-order chi connectivity index (χ1) is 30.6. The number of methoxy groups -OCH3 is 1. The van der Waals surface area contributed by atoms with Crippen molar-refractivity contribution in [1.82, 2.24) is 4.90 Å². The number of benzene rings is 1. The maximum absolute atomic E-state index is 12.9. The maximum atomic E-state index is 12.9. The number of carbonyl (C=O) groups is 3. The number of ketones is 2. The summed E-state index contributed by atoms with van der Waals surface area (Å²) in [5, 5.41) is 73.9. The lowest BCUT2D eigenvalue weighted by atomic mass is 9.49. The van der Waals surface area contributed by atoms with Crippen molar-refractivity contribution in [1.29, 1.82) is 0 Å². The van der Waals surface area contributed by atoms with Crippen LogP contribution in [0.3, 0.4) is 0 Å². The molecule has 1 spiro atoms. The number of piperidine rings is 2. The van der Waals surface area contributed by atoms with Crippen LogP contribution in [0.4, 0.5) is 0 Å². The van der Waals surface area contributed by atoms with Gasteiger partial charge < -0.3 is 44.8 Å². The Balaban J connectivity index is 0.000000224. The summed E-state index contributed by atoms with van der Waals surface area (Å²) in [7, 11) is -3.29. The Kier molecular flexibility index (Phi) is 13.0. The highest BCUT2D eigenvalue weighted by molar-refractivity contribution is 7.79. The predicted molar refractivity (Wildman–Crippen MR) is 236 cm³/mol. The number of nitrogens with zero attached hydrogens (tertiary/aromatic N) is 1. The summed E-state index contributed by atoms with van der Waals surface area (Å²) in [6.45, 7) is 13.8. The van der Waals surface area contributed by atoms with Crippen LogP contribution in [-0.4, -0.2) is 143 Å². The van der Waals surface area contributed by atoms with Gasteiger partial charge >= 0.3 is 16.4 Å². The number of hydrogen-bond donors (Lipinski definition) is 8. The molecule has 1 aromatic carbocycles. The van der Waals surface area contributed by atoms with Crippen molar-refractivity contribution in [3.05, 3.63) is 83.7 Å². The second kappa shape index (κ2) is 17.1. The summed E-state index contributed by atoms with van der Waals surface area (Å²) in [5.41, 5.74) is -7.61. The maximum Gasteiger partial charge on any atom is 0.394 e. The highest BCUT2D eigenvalue weighted by Crippen LogP contribution is 2.78. The van der Waals surface area contributed by atoms with E-state index < -0.39 is 85.5 Å². The van der Waals surface area contributed by atoms with E-state index in [-0.39, 0.29) is 48.7 Å². The number of esters is 1. The molecule has 18 heteroatoms. The van der Waals surface area contributed by atoms with Crippen LogP contribution in [0.15, 0.2) is 78.1 Å². The molecule has 7 fully saturated rings. The van der Waals surface area contributed by atoms with Crippen molar-refractivity contribution in [3.63, 3.8) is 0 Å². The molecule has 0 amide bonds. The molecule has 8 aliphatic rings. The van der Waals surface area contributed by atoms with Crippen molar-refractivity contribution in [2.24, 2.45) is 29.1 Å². The van der Waals surface area contributed by atoms with E-state index in [1.165, 1.54) is 19.3 Å². The van der Waals surface area contributed by atoms with Gasteiger partial charge in [0.15, 0.2) is 17.6 Å². The Hall–Kier alpha value is -3.66. The molecule has 5 aliphatic carbocycles. The standard InChI is InChI=1S/C32H49NO9.C16H14O3.H2O4S/c1-6-18(3)25(35)41-24-11-12-26(4)19-8-9-20-28(37)13-23(34)31(39)21(29(28,38)16-30(20,26)42-32(19,24)40)15-33-14-17(2)7-10-22(33)27(31,5)36;1-3-12(11-7-5-4-6-8-11)13-9-15(18)16(19-2)10-14(13)17;1-5(2,3)4/h6,17,19-24,34,36-40H,7-16H2,1-5H3;3-10,12H,1H2,2H3;(H2,1,2,3,4). The summed E-state index contributed by atoms with van der Waals surface area (Å²) < 4.78 is 49.1. The van der Waals surface area contributed by atoms with Gasteiger partial charge in [0.2, 0.25) is 11.6 Å². The first kappa shape index (κ1) is 50.2. The molecule has 9 rings (SSSR count). The quantitative estimate of drug-likeness (QED) is 0.0669. The lowest BCUT2D eigenvalue weighted by Gasteiger charge is -2.68. The molecule has 15 atom stereocenters. The van der Waals surface area contributed by atoms with Gasteiger partial charge in [-0.15, -0.1) is 6.58 Å². The van der Waals surface area contributed by atoms with Gasteiger partial charge in [0, 0.05) is 78.3 Å². The largest absolute Gasteiger partial charge is 0.493 e. The Morgan fingerprint density at radius 1 is 0.924 bits per heavy atom. The lowest BCUT2D eigenvalue weighted by molar-refractivity contribution is -0.354. The number of aliphatic hydroxyl groups is 6. The smallest absolute Gasteiger partial charge is 0.394 e. The molecule has 15 unspecified atom stereocenters. The molecule has 3 aliphatic heterocycles. The van der Waals surface area contributed by atoms with E-state index in [1.54, 1.807) is 32.9 Å². The SMILES string of the molecule is C=CC(C1=CC(=O)C(OC)=CC1=O)c1ccccc1.CC=C(C)C(=O)OC1CCC2(C)C3CCC4C5(O)CC(O)C6(O)C(CN7CC(C)CCC7C6(C)O)C5(O)CC42OC13O.O=S(=O)(O)O. The van der Waals surface area contributed by atoms with Crippen LogP contribution in [0.25, 0.3) is 0 Å². The van der Waals surface area contributed by atoms with Gasteiger partial charge in [-0.05, 0) is 76.9 Å². The molecule has 4 saturated carbocycles. The van der Waals surface area contributed by atoms with Crippen molar-refractivity contribution in [2.75, 3.05) is 20.2 Å². The van der Waals surface area contributed by atoms with Crippen molar-refractivity contribution in [2.45, 2.75) is 144 Å². The minimum Gasteiger partial charge on any atom is -0.493 e. The molecule has 17 nitrogen and oxygen atoms in total. The van der Waals surface area contributed by atoms with Crippen LogP contribution < -0.4 is 0 Å². The molecule has 3 saturated heterocycles. The van der Waals surface area contributed by atoms with Crippen LogP contribution in [0.1, 0.15) is 97.5 Å². The van der Waals surface area contributed by atoms with E-state index >= 15 is 0 Å². The van der Waals surface area contributed by atoms with Crippen LogP contribution in [0, 0.1) is 29.1 Å². The third-order valence-electron chi connectivity index (χ3n) is 17.1. The molecule has 66 heavy (non-hydrogen) atoms. The summed E-state index contributed by atoms with van der Waals surface area (Å²) >= 11 is 0. The predicted octanol–water partition coefficient (Wildman–Crippen LogP) is 2.90. The molecule has 1 aromatic rings. The van der Waals surface area contributed by atoms with Gasteiger partial charge in [0.05, 0.1) is 18.8 Å². The zero-order valence-corrected chi connectivity index (χ0v) is 39.1. The van der Waals surface area contributed by atoms with Gasteiger partial charge in [-0.3, -0.25) is 23.6 Å². The summed E-state index contributed by atoms with van der Waals surface area (Å²) in [4.78, 5) is 38.7. The highest BCUT2D eigenvalue weighted by Gasteiger charge is 2.88. The van der Waals surface area contributed by atoms with Gasteiger partial charge in [-0.2, -0.15) is 8.42 Å². The number of carbonyl (C=O) groups excluding carboxylic acids is 3. The third kappa shape index (κ3) is 7.50. The monoisotopic (exact) mass is 943 g/mol. The summed E-state index contributed by atoms with van der Waals surface area (Å²) in [5.74, 6) is -4.77. The zero-order chi connectivity index (χ0) is 48.8. The summed E-state index contributed by atoms with van der Waals surface area (Å²) in [6.07, 6.45) is 6.53.